The molecule has 0 saturated heterocycles. The fraction of sp³-hybridized carbons (Fsp3) is 0.333. The summed E-state index contributed by atoms with van der Waals surface area (Å²) in [6, 6.07) is 18.1. The molecule has 0 amide bonds. The fourth-order valence-corrected chi connectivity index (χ4v) is 6.80. The van der Waals surface area contributed by atoms with E-state index in [-0.39, 0.29) is 5.41 Å². The van der Waals surface area contributed by atoms with Crippen molar-refractivity contribution < 1.29 is 0 Å². The number of rotatable bonds is 2. The number of fused-ring (bicyclic) bond motifs is 4. The maximum atomic E-state index is 2.57. The Morgan fingerprint density at radius 3 is 2.13 bits per heavy atom. The van der Waals surface area contributed by atoms with Gasteiger partial charge in [0.25, 0.3) is 0 Å². The summed E-state index contributed by atoms with van der Waals surface area (Å²) >= 11 is 0. The molecule has 0 spiro atoms. The first kappa shape index (κ1) is 18.2. The summed E-state index contributed by atoms with van der Waals surface area (Å²) in [5, 5.41) is 0. The molecule has 30 heavy (non-hydrogen) atoms. The minimum absolute atomic E-state index is 0.0314. The highest BCUT2D eigenvalue weighted by Crippen LogP contribution is 2.59. The molecule has 0 heteroatoms. The van der Waals surface area contributed by atoms with E-state index in [1.807, 2.05) is 0 Å². The summed E-state index contributed by atoms with van der Waals surface area (Å²) in [4.78, 5) is 0. The van der Waals surface area contributed by atoms with E-state index >= 15 is 0 Å². The Balaban J connectivity index is 1.51. The minimum atomic E-state index is 0.0314. The monoisotopic (exact) mass is 390 g/mol. The third-order valence-corrected chi connectivity index (χ3v) is 7.95. The number of hydrogen-bond acceptors (Lipinski definition) is 0. The molecule has 0 saturated carbocycles. The van der Waals surface area contributed by atoms with Crippen molar-refractivity contribution in [3.05, 3.63) is 105 Å². The van der Waals surface area contributed by atoms with E-state index in [1.165, 1.54) is 59.9 Å². The van der Waals surface area contributed by atoms with Crippen LogP contribution in [0.2, 0.25) is 0 Å². The number of allylic oxidation sites excluding steroid dienone is 8. The van der Waals surface area contributed by atoms with E-state index in [0.717, 1.165) is 0 Å². The molecule has 2 aromatic carbocycles. The summed E-state index contributed by atoms with van der Waals surface area (Å²) in [7, 11) is 0. The highest BCUT2D eigenvalue weighted by Gasteiger charge is 2.44. The quantitative estimate of drug-likeness (QED) is 0.484. The molecule has 0 bridgehead atoms. The van der Waals surface area contributed by atoms with Gasteiger partial charge in [0, 0.05) is 11.3 Å². The molecule has 0 radical (unpaired) electrons. The van der Waals surface area contributed by atoms with Crippen LogP contribution in [0.3, 0.4) is 0 Å². The molecular formula is C30H30. The molecule has 0 heterocycles. The molecule has 150 valence electrons. The van der Waals surface area contributed by atoms with Crippen molar-refractivity contribution in [3.8, 4) is 11.1 Å². The zero-order chi connectivity index (χ0) is 20.5. The average molecular weight is 391 g/mol. The van der Waals surface area contributed by atoms with Gasteiger partial charge in [-0.1, -0.05) is 80.1 Å². The van der Waals surface area contributed by atoms with Gasteiger partial charge in [-0.05, 0) is 89.1 Å². The number of hydrogen-bond donors (Lipinski definition) is 0. The Hall–Kier alpha value is -2.60. The molecule has 0 N–H and O–H groups in total. The van der Waals surface area contributed by atoms with Gasteiger partial charge in [-0.25, -0.2) is 0 Å². The first-order valence-corrected chi connectivity index (χ1v) is 11.6. The van der Waals surface area contributed by atoms with E-state index < -0.39 is 0 Å². The predicted octanol–water partition coefficient (Wildman–Crippen LogP) is 8.28. The minimum Gasteiger partial charge on any atom is -0.0626 e. The SMILES string of the molecule is CC1=C(C(C)(C)C2c3ccccc3-c3ccccc32)C2=CC3=C(CCCC3)CC2=C1. The van der Waals surface area contributed by atoms with E-state index in [2.05, 4.69) is 81.5 Å². The van der Waals surface area contributed by atoms with E-state index in [1.54, 1.807) is 27.9 Å². The van der Waals surface area contributed by atoms with E-state index in [9.17, 15) is 0 Å². The summed E-state index contributed by atoms with van der Waals surface area (Å²) in [5.41, 5.74) is 15.4. The van der Waals surface area contributed by atoms with Crippen molar-refractivity contribution in [2.24, 2.45) is 5.41 Å². The highest BCUT2D eigenvalue weighted by molar-refractivity contribution is 5.80. The molecule has 0 aliphatic heterocycles. The lowest BCUT2D eigenvalue weighted by Crippen LogP contribution is -2.26. The van der Waals surface area contributed by atoms with Crippen LogP contribution in [-0.4, -0.2) is 0 Å². The van der Waals surface area contributed by atoms with Crippen LogP contribution in [0.25, 0.3) is 11.1 Å². The molecule has 6 rings (SSSR count). The molecule has 0 fully saturated rings. The van der Waals surface area contributed by atoms with Crippen LogP contribution in [0, 0.1) is 5.41 Å². The fourth-order valence-electron chi connectivity index (χ4n) is 6.80. The summed E-state index contributed by atoms with van der Waals surface area (Å²) in [5.74, 6) is 0.394. The Labute approximate surface area is 180 Å². The zero-order valence-corrected chi connectivity index (χ0v) is 18.4. The van der Waals surface area contributed by atoms with Crippen LogP contribution < -0.4 is 0 Å². The Bertz CT molecular complexity index is 1150. The molecule has 4 aliphatic rings. The average Bonchev–Trinajstić information content (AvgIpc) is 3.26. The van der Waals surface area contributed by atoms with Crippen LogP contribution >= 0.6 is 0 Å². The van der Waals surface area contributed by atoms with Crippen molar-refractivity contribution >= 4 is 0 Å². The summed E-state index contributed by atoms with van der Waals surface area (Å²) < 4.78 is 0. The van der Waals surface area contributed by atoms with Crippen LogP contribution in [0.15, 0.2) is 94.1 Å². The van der Waals surface area contributed by atoms with Crippen LogP contribution in [0.4, 0.5) is 0 Å². The van der Waals surface area contributed by atoms with Gasteiger partial charge >= 0.3 is 0 Å². The second-order valence-electron chi connectivity index (χ2n) is 10.1. The number of benzene rings is 2. The van der Waals surface area contributed by atoms with E-state index in [4.69, 9.17) is 0 Å². The lowest BCUT2D eigenvalue weighted by atomic mass is 9.65. The van der Waals surface area contributed by atoms with Gasteiger partial charge in [0.2, 0.25) is 0 Å². The van der Waals surface area contributed by atoms with Crippen LogP contribution in [-0.2, 0) is 0 Å². The zero-order valence-electron chi connectivity index (χ0n) is 18.4. The van der Waals surface area contributed by atoms with Gasteiger partial charge < -0.3 is 0 Å². The van der Waals surface area contributed by atoms with Gasteiger partial charge in [-0.15, -0.1) is 0 Å². The molecule has 0 nitrogen and oxygen atoms in total. The van der Waals surface area contributed by atoms with Crippen molar-refractivity contribution in [2.75, 3.05) is 0 Å². The van der Waals surface area contributed by atoms with Crippen LogP contribution in [0.5, 0.6) is 0 Å². The molecular weight excluding hydrogens is 360 g/mol. The van der Waals surface area contributed by atoms with Gasteiger partial charge in [0.1, 0.15) is 0 Å². The Morgan fingerprint density at radius 1 is 0.800 bits per heavy atom. The smallest absolute Gasteiger partial charge is 0.0194 e. The normalized spacial score (nSPS) is 20.5. The second-order valence-corrected chi connectivity index (χ2v) is 10.1. The largest absolute Gasteiger partial charge is 0.0626 e. The summed E-state index contributed by atoms with van der Waals surface area (Å²) in [6.07, 6.45) is 11.5. The van der Waals surface area contributed by atoms with Crippen molar-refractivity contribution in [3.63, 3.8) is 0 Å². The molecule has 2 aromatic rings. The predicted molar refractivity (Wildman–Crippen MR) is 126 cm³/mol. The van der Waals surface area contributed by atoms with Crippen LogP contribution in [0.1, 0.15) is 69.9 Å². The second kappa shape index (κ2) is 6.45. The molecule has 0 atom stereocenters. The van der Waals surface area contributed by atoms with E-state index in [0.29, 0.717) is 5.92 Å². The third kappa shape index (κ3) is 2.46. The lowest BCUT2D eigenvalue weighted by Gasteiger charge is -2.38. The molecule has 0 aromatic heterocycles. The first-order valence-electron chi connectivity index (χ1n) is 11.6. The lowest BCUT2D eigenvalue weighted by molar-refractivity contribution is 0.397. The maximum Gasteiger partial charge on any atom is 0.0194 e. The van der Waals surface area contributed by atoms with Gasteiger partial charge in [-0.3, -0.25) is 0 Å². The third-order valence-electron chi connectivity index (χ3n) is 7.95. The van der Waals surface area contributed by atoms with Crippen molar-refractivity contribution in [1.82, 2.24) is 0 Å². The Morgan fingerprint density at radius 2 is 1.43 bits per heavy atom. The Kier molecular flexibility index (Phi) is 3.91. The molecule has 0 unspecified atom stereocenters. The van der Waals surface area contributed by atoms with Gasteiger partial charge in [0.15, 0.2) is 0 Å². The highest BCUT2D eigenvalue weighted by atomic mass is 14.5. The first-order chi connectivity index (χ1) is 14.6. The standard InChI is InChI=1S/C30H30/c1-19-16-22-17-20-10-4-5-11-21(20)18-27(22)28(19)30(2,3)29-25-14-8-6-12-23(25)24-13-7-9-15-26(24)29/h6-9,12-16,18,29H,4-5,10-11,17H2,1-3H3. The maximum absolute atomic E-state index is 2.57. The van der Waals surface area contributed by atoms with Crippen molar-refractivity contribution in [1.29, 1.82) is 0 Å². The molecule has 4 aliphatic carbocycles. The van der Waals surface area contributed by atoms with Crippen molar-refractivity contribution in [2.45, 2.75) is 58.8 Å². The van der Waals surface area contributed by atoms with Gasteiger partial charge in [0.05, 0.1) is 0 Å². The topological polar surface area (TPSA) is 0 Å². The summed E-state index contributed by atoms with van der Waals surface area (Å²) in [6.45, 7) is 7.31. The van der Waals surface area contributed by atoms with Gasteiger partial charge in [-0.2, -0.15) is 0 Å².